The number of hydrogen-bond donors (Lipinski definition) is 0. The van der Waals surface area contributed by atoms with Crippen LogP contribution in [0.25, 0.3) is 0 Å². The van der Waals surface area contributed by atoms with Gasteiger partial charge in [0.25, 0.3) is 0 Å². The first kappa shape index (κ1) is 13.9. The maximum Gasteiger partial charge on any atom is 0.308 e. The summed E-state index contributed by atoms with van der Waals surface area (Å²) in [6.45, 7) is 4.29. The second kappa shape index (κ2) is 9.50. The number of alkyl halides is 1. The van der Waals surface area contributed by atoms with Crippen LogP contribution in [0.3, 0.4) is 0 Å². The van der Waals surface area contributed by atoms with Crippen LogP contribution >= 0.6 is 15.9 Å². The Balaban J connectivity index is 3.34. The van der Waals surface area contributed by atoms with Gasteiger partial charge in [-0.05, 0) is 19.8 Å². The van der Waals surface area contributed by atoms with Crippen molar-refractivity contribution in [2.24, 2.45) is 5.92 Å². The molecule has 0 aliphatic carbocycles. The Morgan fingerprint density at radius 2 is 1.93 bits per heavy atom. The molecule has 0 fully saturated rings. The topological polar surface area (TPSA) is 26.3 Å². The second-order valence-electron chi connectivity index (χ2n) is 3.54. The van der Waals surface area contributed by atoms with Gasteiger partial charge in [-0.3, -0.25) is 4.79 Å². The molecular formula is C11H21BrO2. The molecule has 0 spiro atoms. The van der Waals surface area contributed by atoms with Crippen molar-refractivity contribution >= 4 is 21.9 Å². The summed E-state index contributed by atoms with van der Waals surface area (Å²) in [6.07, 6.45) is 5.79. The Labute approximate surface area is 95.5 Å². The monoisotopic (exact) mass is 264 g/mol. The van der Waals surface area contributed by atoms with Crippen LogP contribution in [-0.4, -0.2) is 17.9 Å². The molecule has 0 saturated heterocycles. The molecule has 0 radical (unpaired) electrons. The third-order valence-electron chi connectivity index (χ3n) is 2.21. The summed E-state index contributed by atoms with van der Waals surface area (Å²) >= 11 is 3.40. The van der Waals surface area contributed by atoms with E-state index < -0.39 is 0 Å². The zero-order valence-corrected chi connectivity index (χ0v) is 10.8. The molecular weight excluding hydrogens is 244 g/mol. The number of carbonyl (C=O) groups excluding carboxylic acids is 1. The van der Waals surface area contributed by atoms with Crippen LogP contribution in [0.1, 0.15) is 46.0 Å². The van der Waals surface area contributed by atoms with E-state index in [4.69, 9.17) is 4.74 Å². The number of carbonyl (C=O) groups is 1. The van der Waals surface area contributed by atoms with Gasteiger partial charge in [-0.15, -0.1) is 0 Å². The van der Waals surface area contributed by atoms with Gasteiger partial charge in [0.05, 0.1) is 12.5 Å². The molecule has 0 unspecified atom stereocenters. The number of unbranched alkanes of at least 4 members (excludes halogenated alkanes) is 3. The highest BCUT2D eigenvalue weighted by molar-refractivity contribution is 9.09. The van der Waals surface area contributed by atoms with E-state index in [0.29, 0.717) is 6.61 Å². The van der Waals surface area contributed by atoms with E-state index in [1.807, 2.05) is 13.8 Å². The number of ether oxygens (including phenoxy) is 1. The zero-order chi connectivity index (χ0) is 10.8. The third-order valence-corrected chi connectivity index (χ3v) is 2.77. The Hall–Kier alpha value is -0.0500. The summed E-state index contributed by atoms with van der Waals surface area (Å²) in [5.74, 6) is 0.0203. The van der Waals surface area contributed by atoms with Crippen molar-refractivity contribution < 1.29 is 9.53 Å². The van der Waals surface area contributed by atoms with Crippen LogP contribution in [0.4, 0.5) is 0 Å². The summed E-state index contributed by atoms with van der Waals surface area (Å²) in [6, 6.07) is 0. The van der Waals surface area contributed by atoms with Gasteiger partial charge in [0.1, 0.15) is 0 Å². The van der Waals surface area contributed by atoms with Crippen molar-refractivity contribution in [3.8, 4) is 0 Å². The van der Waals surface area contributed by atoms with Gasteiger partial charge in [-0.25, -0.2) is 0 Å². The highest BCUT2D eigenvalue weighted by Crippen LogP contribution is 2.12. The fourth-order valence-corrected chi connectivity index (χ4v) is 1.70. The van der Waals surface area contributed by atoms with Gasteiger partial charge in [0.2, 0.25) is 0 Å². The second-order valence-corrected chi connectivity index (χ2v) is 4.34. The van der Waals surface area contributed by atoms with E-state index in [1.165, 1.54) is 19.3 Å². The minimum Gasteiger partial charge on any atom is -0.466 e. The van der Waals surface area contributed by atoms with Crippen molar-refractivity contribution in [2.45, 2.75) is 46.0 Å². The normalized spacial score (nSPS) is 12.5. The average molecular weight is 265 g/mol. The summed E-state index contributed by atoms with van der Waals surface area (Å²) in [5, 5.41) is 1.08. The van der Waals surface area contributed by atoms with Gasteiger partial charge in [0, 0.05) is 5.33 Å². The van der Waals surface area contributed by atoms with Crippen molar-refractivity contribution in [2.75, 3.05) is 11.9 Å². The molecule has 0 aromatic carbocycles. The van der Waals surface area contributed by atoms with E-state index in [2.05, 4.69) is 15.9 Å². The molecule has 3 heteroatoms. The Kier molecular flexibility index (Phi) is 9.47. The van der Waals surface area contributed by atoms with Crippen LogP contribution in [0.2, 0.25) is 0 Å². The molecule has 0 bridgehead atoms. The smallest absolute Gasteiger partial charge is 0.308 e. The lowest BCUT2D eigenvalue weighted by molar-refractivity contribution is -0.147. The maximum atomic E-state index is 11.2. The molecule has 2 nitrogen and oxygen atoms in total. The van der Waals surface area contributed by atoms with Crippen molar-refractivity contribution in [3.05, 3.63) is 0 Å². The number of halogens is 1. The molecule has 14 heavy (non-hydrogen) atoms. The predicted octanol–water partition coefficient (Wildman–Crippen LogP) is 3.53. The minimum atomic E-state index is -0.0482. The van der Waals surface area contributed by atoms with Crippen LogP contribution in [0.5, 0.6) is 0 Å². The summed E-state index contributed by atoms with van der Waals surface area (Å²) in [5.41, 5.74) is 0. The van der Waals surface area contributed by atoms with Gasteiger partial charge in [0.15, 0.2) is 0 Å². The fraction of sp³-hybridized carbons (Fsp3) is 0.909. The van der Waals surface area contributed by atoms with Crippen LogP contribution in [-0.2, 0) is 9.53 Å². The van der Waals surface area contributed by atoms with E-state index in [0.717, 1.165) is 18.2 Å². The quantitative estimate of drug-likeness (QED) is 0.381. The highest BCUT2D eigenvalue weighted by Gasteiger charge is 2.12. The molecule has 0 amide bonds. The van der Waals surface area contributed by atoms with E-state index in [-0.39, 0.29) is 11.9 Å². The maximum absolute atomic E-state index is 11.2. The standard InChI is InChI=1S/C11H21BrO2/c1-3-14-11(13)10(2)8-6-4-5-7-9-12/h10H,3-9H2,1-2H3/t10-/m0/s1. The number of hydrogen-bond acceptors (Lipinski definition) is 2. The fourth-order valence-electron chi connectivity index (χ4n) is 1.30. The Morgan fingerprint density at radius 3 is 2.50 bits per heavy atom. The van der Waals surface area contributed by atoms with Crippen molar-refractivity contribution in [1.29, 1.82) is 0 Å². The van der Waals surface area contributed by atoms with Crippen LogP contribution < -0.4 is 0 Å². The highest BCUT2D eigenvalue weighted by atomic mass is 79.9. The van der Waals surface area contributed by atoms with Crippen LogP contribution in [0.15, 0.2) is 0 Å². The lowest BCUT2D eigenvalue weighted by atomic mass is 10.0. The molecule has 0 aromatic rings. The summed E-state index contributed by atoms with van der Waals surface area (Å²) in [7, 11) is 0. The van der Waals surface area contributed by atoms with E-state index >= 15 is 0 Å². The largest absolute Gasteiger partial charge is 0.466 e. The van der Waals surface area contributed by atoms with Crippen molar-refractivity contribution in [1.82, 2.24) is 0 Å². The van der Waals surface area contributed by atoms with Crippen LogP contribution in [0, 0.1) is 5.92 Å². The van der Waals surface area contributed by atoms with E-state index in [9.17, 15) is 4.79 Å². The van der Waals surface area contributed by atoms with Gasteiger partial charge < -0.3 is 4.74 Å². The third kappa shape index (κ3) is 7.36. The first-order chi connectivity index (χ1) is 6.72. The lowest BCUT2D eigenvalue weighted by Crippen LogP contribution is -2.14. The summed E-state index contributed by atoms with van der Waals surface area (Å²) in [4.78, 5) is 11.2. The molecule has 0 saturated carbocycles. The van der Waals surface area contributed by atoms with Gasteiger partial charge in [-0.1, -0.05) is 42.1 Å². The average Bonchev–Trinajstić information content (AvgIpc) is 2.17. The molecule has 84 valence electrons. The predicted molar refractivity (Wildman–Crippen MR) is 62.7 cm³/mol. The molecule has 0 aliphatic rings. The first-order valence-electron chi connectivity index (χ1n) is 5.45. The molecule has 1 atom stereocenters. The minimum absolute atomic E-state index is 0.0482. The number of rotatable bonds is 8. The first-order valence-corrected chi connectivity index (χ1v) is 6.57. The SMILES string of the molecule is CCOC(=O)[C@@H](C)CCCCCCBr. The molecule has 0 aromatic heterocycles. The number of esters is 1. The zero-order valence-electron chi connectivity index (χ0n) is 9.22. The molecule has 0 heterocycles. The molecule has 0 rings (SSSR count). The Morgan fingerprint density at radius 1 is 1.29 bits per heavy atom. The summed E-state index contributed by atoms with van der Waals surface area (Å²) < 4.78 is 4.94. The van der Waals surface area contributed by atoms with Gasteiger partial charge >= 0.3 is 5.97 Å². The Bertz CT molecular complexity index is 148. The van der Waals surface area contributed by atoms with Gasteiger partial charge in [-0.2, -0.15) is 0 Å². The molecule has 0 aliphatic heterocycles. The lowest BCUT2D eigenvalue weighted by Gasteiger charge is -2.09. The molecule has 0 N–H and O–H groups in total. The van der Waals surface area contributed by atoms with E-state index in [1.54, 1.807) is 0 Å². The van der Waals surface area contributed by atoms with Crippen molar-refractivity contribution in [3.63, 3.8) is 0 Å².